The predicted molar refractivity (Wildman–Crippen MR) is 45.8 cm³/mol. The molecule has 3 nitrogen and oxygen atoms in total. The van der Waals surface area contributed by atoms with E-state index < -0.39 is 0 Å². The monoisotopic (exact) mass is 164 g/mol. The Hall–Kier alpha value is -1.25. The molecule has 0 spiro atoms. The van der Waals surface area contributed by atoms with Crippen molar-refractivity contribution in [3.8, 4) is 0 Å². The molecule has 0 aliphatic rings. The molecule has 3 heteroatoms. The van der Waals surface area contributed by atoms with Gasteiger partial charge in [0.2, 0.25) is 0 Å². The lowest BCUT2D eigenvalue weighted by Crippen LogP contribution is -2.03. The van der Waals surface area contributed by atoms with E-state index >= 15 is 0 Å². The smallest absolute Gasteiger partial charge is 0.164 e. The van der Waals surface area contributed by atoms with Crippen LogP contribution in [0.15, 0.2) is 18.5 Å². The average molecular weight is 164 g/mol. The second kappa shape index (κ2) is 3.95. The van der Waals surface area contributed by atoms with Gasteiger partial charge in [0.1, 0.15) is 0 Å². The van der Waals surface area contributed by atoms with Crippen LogP contribution in [0.5, 0.6) is 0 Å². The van der Waals surface area contributed by atoms with Crippen LogP contribution in [0.2, 0.25) is 0 Å². The molecule has 0 unspecified atom stereocenters. The summed E-state index contributed by atoms with van der Waals surface area (Å²) in [7, 11) is 0. The first-order valence-electron chi connectivity index (χ1n) is 4.00. The Labute approximate surface area is 71.8 Å². The highest BCUT2D eigenvalue weighted by Gasteiger charge is 2.07. The van der Waals surface area contributed by atoms with Crippen LogP contribution < -0.4 is 0 Å². The van der Waals surface area contributed by atoms with Crippen LogP contribution in [-0.2, 0) is 0 Å². The van der Waals surface area contributed by atoms with Crippen LogP contribution in [0.4, 0.5) is 0 Å². The quantitative estimate of drug-likeness (QED) is 0.638. The molecule has 64 valence electrons. The highest BCUT2D eigenvalue weighted by Crippen LogP contribution is 2.06. The van der Waals surface area contributed by atoms with Crippen LogP contribution in [0, 0.1) is 5.92 Å². The minimum absolute atomic E-state index is 0.139. The summed E-state index contributed by atoms with van der Waals surface area (Å²) in [5, 5.41) is 7.25. The number of hydrogen-bond donors (Lipinski definition) is 0. The van der Waals surface area contributed by atoms with Crippen LogP contribution in [0.25, 0.3) is 0 Å². The maximum absolute atomic E-state index is 11.4. The fraction of sp³-hybridized carbons (Fsp3) is 0.444. The lowest BCUT2D eigenvalue weighted by Gasteiger charge is -2.01. The molecule has 0 atom stereocenters. The molecule has 0 amide bonds. The molecule has 0 fully saturated rings. The fourth-order valence-electron chi connectivity index (χ4n) is 0.944. The number of carbonyl (C=O) groups excluding carboxylic acids is 1. The summed E-state index contributed by atoms with van der Waals surface area (Å²) in [6.45, 7) is 4.04. The Morgan fingerprint density at radius 1 is 1.50 bits per heavy atom. The van der Waals surface area contributed by atoms with Crippen molar-refractivity contribution in [3.05, 3.63) is 24.0 Å². The van der Waals surface area contributed by atoms with Crippen molar-refractivity contribution < 1.29 is 4.79 Å². The average Bonchev–Trinajstić information content (AvgIpc) is 2.05. The van der Waals surface area contributed by atoms with E-state index in [0.717, 1.165) is 0 Å². The topological polar surface area (TPSA) is 42.9 Å². The number of aromatic nitrogens is 2. The van der Waals surface area contributed by atoms with Gasteiger partial charge in [0, 0.05) is 12.0 Å². The summed E-state index contributed by atoms with van der Waals surface area (Å²) in [6, 6.07) is 1.69. The summed E-state index contributed by atoms with van der Waals surface area (Å²) in [5.41, 5.74) is 0.652. The number of Topliss-reactive ketones (excluding diaryl/α,β-unsaturated/α-hetero) is 1. The van der Waals surface area contributed by atoms with Crippen molar-refractivity contribution in [1.29, 1.82) is 0 Å². The van der Waals surface area contributed by atoms with Crippen molar-refractivity contribution in [3.63, 3.8) is 0 Å². The molecular formula is C9H12N2O. The van der Waals surface area contributed by atoms with Crippen molar-refractivity contribution in [1.82, 2.24) is 10.2 Å². The minimum Gasteiger partial charge on any atom is -0.294 e. The predicted octanol–water partition coefficient (Wildman–Crippen LogP) is 1.71. The lowest BCUT2D eigenvalue weighted by atomic mass is 10.0. The molecule has 1 heterocycles. The largest absolute Gasteiger partial charge is 0.294 e. The summed E-state index contributed by atoms with van der Waals surface area (Å²) < 4.78 is 0. The molecule has 0 aromatic carbocycles. The van der Waals surface area contributed by atoms with Crippen molar-refractivity contribution in [2.24, 2.45) is 5.92 Å². The summed E-state index contributed by atoms with van der Waals surface area (Å²) in [5.74, 6) is 0.533. The summed E-state index contributed by atoms with van der Waals surface area (Å²) in [6.07, 6.45) is 3.62. The Morgan fingerprint density at radius 2 is 2.25 bits per heavy atom. The van der Waals surface area contributed by atoms with Crippen molar-refractivity contribution in [2.45, 2.75) is 20.3 Å². The number of rotatable bonds is 3. The molecule has 0 radical (unpaired) electrons. The summed E-state index contributed by atoms with van der Waals surface area (Å²) in [4.78, 5) is 11.4. The molecule has 1 aromatic rings. The van der Waals surface area contributed by atoms with Gasteiger partial charge in [-0.05, 0) is 12.0 Å². The molecule has 1 aromatic heterocycles. The van der Waals surface area contributed by atoms with Crippen LogP contribution >= 0.6 is 0 Å². The van der Waals surface area contributed by atoms with Gasteiger partial charge in [0.25, 0.3) is 0 Å². The molecule has 0 bridgehead atoms. The van der Waals surface area contributed by atoms with Crippen molar-refractivity contribution in [2.75, 3.05) is 0 Å². The van der Waals surface area contributed by atoms with Gasteiger partial charge >= 0.3 is 0 Å². The van der Waals surface area contributed by atoms with E-state index in [0.29, 0.717) is 17.9 Å². The second-order valence-corrected chi connectivity index (χ2v) is 3.15. The molecule has 1 rings (SSSR count). The van der Waals surface area contributed by atoms with Crippen LogP contribution in [-0.4, -0.2) is 16.0 Å². The van der Waals surface area contributed by atoms with E-state index in [1.165, 1.54) is 12.4 Å². The van der Waals surface area contributed by atoms with Gasteiger partial charge in [-0.2, -0.15) is 10.2 Å². The molecule has 0 N–H and O–H groups in total. The van der Waals surface area contributed by atoms with Crippen LogP contribution in [0.3, 0.4) is 0 Å². The van der Waals surface area contributed by atoms with Crippen molar-refractivity contribution >= 4 is 5.78 Å². The van der Waals surface area contributed by atoms with Gasteiger partial charge in [-0.25, -0.2) is 0 Å². The number of nitrogens with zero attached hydrogens (tertiary/aromatic N) is 2. The lowest BCUT2D eigenvalue weighted by molar-refractivity contribution is 0.0967. The minimum atomic E-state index is 0.139. The summed E-state index contributed by atoms with van der Waals surface area (Å²) >= 11 is 0. The highest BCUT2D eigenvalue weighted by atomic mass is 16.1. The van der Waals surface area contributed by atoms with Crippen LogP contribution in [0.1, 0.15) is 30.6 Å². The molecule has 0 saturated heterocycles. The third kappa shape index (κ3) is 2.42. The molecule has 0 saturated carbocycles. The van der Waals surface area contributed by atoms with E-state index in [1.807, 2.05) is 13.8 Å². The number of hydrogen-bond acceptors (Lipinski definition) is 3. The Balaban J connectivity index is 2.66. The van der Waals surface area contributed by atoms with E-state index in [9.17, 15) is 4.79 Å². The standard InChI is InChI=1S/C9H12N2O/c1-7(2)5-9(12)8-3-4-10-11-6-8/h3-4,6-7H,5H2,1-2H3. The first-order valence-corrected chi connectivity index (χ1v) is 4.00. The van der Waals surface area contributed by atoms with Gasteiger partial charge < -0.3 is 0 Å². The maximum Gasteiger partial charge on any atom is 0.164 e. The number of ketones is 1. The van der Waals surface area contributed by atoms with Gasteiger partial charge in [0.05, 0.1) is 12.4 Å². The zero-order chi connectivity index (χ0) is 8.97. The van der Waals surface area contributed by atoms with Gasteiger partial charge in [-0.3, -0.25) is 4.79 Å². The van der Waals surface area contributed by atoms with E-state index in [4.69, 9.17) is 0 Å². The Bertz CT molecular complexity index is 256. The molecule has 0 aliphatic carbocycles. The zero-order valence-electron chi connectivity index (χ0n) is 7.32. The highest BCUT2D eigenvalue weighted by molar-refractivity contribution is 5.95. The first-order chi connectivity index (χ1) is 5.70. The van der Waals surface area contributed by atoms with Gasteiger partial charge in [0.15, 0.2) is 5.78 Å². The van der Waals surface area contributed by atoms with Gasteiger partial charge in [-0.15, -0.1) is 0 Å². The van der Waals surface area contributed by atoms with E-state index in [-0.39, 0.29) is 5.78 Å². The third-order valence-electron chi connectivity index (χ3n) is 1.50. The first kappa shape index (κ1) is 8.84. The fourth-order valence-corrected chi connectivity index (χ4v) is 0.944. The SMILES string of the molecule is CC(C)CC(=O)c1ccnnc1. The maximum atomic E-state index is 11.4. The molecule has 0 aliphatic heterocycles. The second-order valence-electron chi connectivity index (χ2n) is 3.15. The van der Waals surface area contributed by atoms with Gasteiger partial charge in [-0.1, -0.05) is 13.8 Å². The molecule has 12 heavy (non-hydrogen) atoms. The normalized spacial score (nSPS) is 10.2. The Morgan fingerprint density at radius 3 is 2.75 bits per heavy atom. The van der Waals surface area contributed by atoms with E-state index in [2.05, 4.69) is 10.2 Å². The number of carbonyl (C=O) groups is 1. The molecular weight excluding hydrogens is 152 g/mol. The van der Waals surface area contributed by atoms with E-state index in [1.54, 1.807) is 6.07 Å². The third-order valence-corrected chi connectivity index (χ3v) is 1.50. The zero-order valence-corrected chi connectivity index (χ0v) is 7.32. The Kier molecular flexibility index (Phi) is 2.91.